The third-order valence-corrected chi connectivity index (χ3v) is 4.00. The van der Waals surface area contributed by atoms with Gasteiger partial charge in [0.2, 0.25) is 5.91 Å². The monoisotopic (exact) mass is 271 g/mol. The van der Waals surface area contributed by atoms with E-state index in [0.717, 1.165) is 0 Å². The number of hydrogen-bond acceptors (Lipinski definition) is 3. The molecule has 0 atom stereocenters. The van der Waals surface area contributed by atoms with Crippen LogP contribution in [0.5, 0.6) is 0 Å². The van der Waals surface area contributed by atoms with Gasteiger partial charge in [0.15, 0.2) is 0 Å². The Kier molecular flexibility index (Phi) is 7.27. The van der Waals surface area contributed by atoms with E-state index >= 15 is 0 Å². The van der Waals surface area contributed by atoms with E-state index in [0.29, 0.717) is 32.4 Å². The molecule has 0 unspecified atom stereocenters. The fourth-order valence-electron chi connectivity index (χ4n) is 1.70. The number of rotatable bonds is 9. The Labute approximate surface area is 117 Å². The Bertz CT molecular complexity index is 309. The zero-order valence-corrected chi connectivity index (χ0v) is 13.3. The van der Waals surface area contributed by atoms with E-state index < -0.39 is 0 Å². The number of carbonyl (C=O) groups is 2. The van der Waals surface area contributed by atoms with Gasteiger partial charge in [-0.1, -0.05) is 27.7 Å². The number of ketones is 1. The molecular weight excluding hydrogens is 242 g/mol. The molecule has 4 heteroatoms. The van der Waals surface area contributed by atoms with E-state index in [1.165, 1.54) is 0 Å². The summed E-state index contributed by atoms with van der Waals surface area (Å²) in [6, 6.07) is 0. The van der Waals surface area contributed by atoms with Crippen LogP contribution in [-0.2, 0) is 14.3 Å². The van der Waals surface area contributed by atoms with Crippen molar-refractivity contribution < 1.29 is 14.3 Å². The summed E-state index contributed by atoms with van der Waals surface area (Å²) in [4.78, 5) is 22.5. The van der Waals surface area contributed by atoms with Gasteiger partial charge in [-0.05, 0) is 24.2 Å². The standard InChI is InChI=1S/C15H29NO3/c1-12(17)8-7-9-13(18)16-10-14(2,3)15(4,5)11-19-6/h7-11H2,1-6H3,(H,16,18). The van der Waals surface area contributed by atoms with Crippen LogP contribution < -0.4 is 5.32 Å². The number of amides is 1. The lowest BCUT2D eigenvalue weighted by Crippen LogP contribution is -2.45. The van der Waals surface area contributed by atoms with Crippen LogP contribution in [0.3, 0.4) is 0 Å². The summed E-state index contributed by atoms with van der Waals surface area (Å²) in [6.45, 7) is 11.3. The highest BCUT2D eigenvalue weighted by Gasteiger charge is 2.37. The lowest BCUT2D eigenvalue weighted by atomic mass is 9.68. The minimum atomic E-state index is -0.0563. The van der Waals surface area contributed by atoms with Crippen molar-refractivity contribution in [2.45, 2.75) is 53.9 Å². The van der Waals surface area contributed by atoms with Gasteiger partial charge in [0.1, 0.15) is 5.78 Å². The Morgan fingerprint density at radius 3 is 2.11 bits per heavy atom. The number of ether oxygens (including phenoxy) is 1. The molecule has 19 heavy (non-hydrogen) atoms. The molecule has 0 heterocycles. The van der Waals surface area contributed by atoms with Crippen molar-refractivity contribution in [3.05, 3.63) is 0 Å². The van der Waals surface area contributed by atoms with Crippen molar-refractivity contribution in [1.29, 1.82) is 0 Å². The van der Waals surface area contributed by atoms with Gasteiger partial charge < -0.3 is 14.8 Å². The Balaban J connectivity index is 4.16. The van der Waals surface area contributed by atoms with Gasteiger partial charge in [0.05, 0.1) is 6.61 Å². The summed E-state index contributed by atoms with van der Waals surface area (Å²) in [6.07, 6.45) is 1.52. The normalized spacial score (nSPS) is 12.3. The molecule has 0 aliphatic rings. The number of carbonyl (C=O) groups excluding carboxylic acids is 2. The fraction of sp³-hybridized carbons (Fsp3) is 0.867. The smallest absolute Gasteiger partial charge is 0.220 e. The van der Waals surface area contributed by atoms with Crippen LogP contribution in [-0.4, -0.2) is 32.0 Å². The summed E-state index contributed by atoms with van der Waals surface area (Å²) >= 11 is 0. The largest absolute Gasteiger partial charge is 0.384 e. The summed E-state index contributed by atoms with van der Waals surface area (Å²) in [5, 5.41) is 2.96. The maximum atomic E-state index is 11.7. The number of Topliss-reactive ketones (excluding diaryl/α,β-unsaturated/α-hetero) is 1. The molecule has 0 saturated heterocycles. The van der Waals surface area contributed by atoms with E-state index in [1.807, 2.05) is 0 Å². The first-order valence-corrected chi connectivity index (χ1v) is 6.87. The van der Waals surface area contributed by atoms with Crippen molar-refractivity contribution in [2.75, 3.05) is 20.3 Å². The highest BCUT2D eigenvalue weighted by molar-refractivity contribution is 5.78. The van der Waals surface area contributed by atoms with Crippen LogP contribution in [0.1, 0.15) is 53.9 Å². The van der Waals surface area contributed by atoms with Gasteiger partial charge >= 0.3 is 0 Å². The van der Waals surface area contributed by atoms with Crippen molar-refractivity contribution >= 4 is 11.7 Å². The van der Waals surface area contributed by atoms with E-state index in [-0.39, 0.29) is 22.5 Å². The van der Waals surface area contributed by atoms with Gasteiger partial charge in [0.25, 0.3) is 0 Å². The molecule has 0 aromatic rings. The van der Waals surface area contributed by atoms with Crippen LogP contribution >= 0.6 is 0 Å². The van der Waals surface area contributed by atoms with Gasteiger partial charge in [-0.2, -0.15) is 0 Å². The van der Waals surface area contributed by atoms with E-state index in [1.54, 1.807) is 14.0 Å². The molecule has 0 aromatic heterocycles. The molecule has 0 aromatic carbocycles. The lowest BCUT2D eigenvalue weighted by Gasteiger charge is -2.41. The molecule has 0 spiro atoms. The molecule has 4 nitrogen and oxygen atoms in total. The predicted octanol–water partition coefficient (Wildman–Crippen LogP) is 2.56. The number of nitrogens with one attached hydrogen (secondary N) is 1. The molecular formula is C15H29NO3. The third-order valence-electron chi connectivity index (χ3n) is 4.00. The molecule has 112 valence electrons. The van der Waals surface area contributed by atoms with Gasteiger partial charge in [0, 0.05) is 26.5 Å². The summed E-state index contributed by atoms with van der Waals surface area (Å²) in [5.74, 6) is 0.150. The molecule has 1 N–H and O–H groups in total. The quantitative estimate of drug-likeness (QED) is 0.701. The fourth-order valence-corrected chi connectivity index (χ4v) is 1.70. The second kappa shape index (κ2) is 7.63. The Hall–Kier alpha value is -0.900. The average molecular weight is 271 g/mol. The molecule has 0 bridgehead atoms. The summed E-state index contributed by atoms with van der Waals surface area (Å²) < 4.78 is 5.24. The Morgan fingerprint density at radius 2 is 1.63 bits per heavy atom. The minimum Gasteiger partial charge on any atom is -0.384 e. The second-order valence-corrected chi connectivity index (χ2v) is 6.53. The van der Waals surface area contributed by atoms with Crippen LogP contribution in [0.15, 0.2) is 0 Å². The number of hydrogen-bond donors (Lipinski definition) is 1. The molecule has 0 radical (unpaired) electrons. The zero-order valence-electron chi connectivity index (χ0n) is 13.3. The van der Waals surface area contributed by atoms with Gasteiger partial charge in [-0.3, -0.25) is 4.79 Å². The van der Waals surface area contributed by atoms with E-state index in [2.05, 4.69) is 33.0 Å². The van der Waals surface area contributed by atoms with Crippen molar-refractivity contribution in [1.82, 2.24) is 5.32 Å². The molecule has 0 saturated carbocycles. The SMILES string of the molecule is COCC(C)(C)C(C)(C)CNC(=O)CCCC(C)=O. The second-order valence-electron chi connectivity index (χ2n) is 6.53. The van der Waals surface area contributed by atoms with Gasteiger partial charge in [-0.25, -0.2) is 0 Å². The topological polar surface area (TPSA) is 55.4 Å². The molecule has 0 aliphatic heterocycles. The maximum absolute atomic E-state index is 11.7. The van der Waals surface area contributed by atoms with Crippen molar-refractivity contribution in [3.8, 4) is 0 Å². The van der Waals surface area contributed by atoms with E-state index in [4.69, 9.17) is 4.74 Å². The van der Waals surface area contributed by atoms with Crippen molar-refractivity contribution in [3.63, 3.8) is 0 Å². The lowest BCUT2D eigenvalue weighted by molar-refractivity contribution is -0.122. The highest BCUT2D eigenvalue weighted by Crippen LogP contribution is 2.37. The first-order valence-electron chi connectivity index (χ1n) is 6.87. The molecule has 1 amide bonds. The third kappa shape index (κ3) is 6.71. The summed E-state index contributed by atoms with van der Waals surface area (Å²) in [7, 11) is 1.69. The molecule has 0 aliphatic carbocycles. The van der Waals surface area contributed by atoms with E-state index in [9.17, 15) is 9.59 Å². The van der Waals surface area contributed by atoms with Crippen molar-refractivity contribution in [2.24, 2.45) is 10.8 Å². The Morgan fingerprint density at radius 1 is 1.05 bits per heavy atom. The summed E-state index contributed by atoms with van der Waals surface area (Å²) in [5.41, 5.74) is -0.0757. The van der Waals surface area contributed by atoms with Crippen LogP contribution in [0.25, 0.3) is 0 Å². The highest BCUT2D eigenvalue weighted by atomic mass is 16.5. The van der Waals surface area contributed by atoms with Crippen LogP contribution in [0.4, 0.5) is 0 Å². The molecule has 0 rings (SSSR count). The van der Waals surface area contributed by atoms with Crippen LogP contribution in [0.2, 0.25) is 0 Å². The minimum absolute atomic E-state index is 0.0162. The predicted molar refractivity (Wildman–Crippen MR) is 77.0 cm³/mol. The first kappa shape index (κ1) is 18.1. The van der Waals surface area contributed by atoms with Gasteiger partial charge in [-0.15, -0.1) is 0 Å². The number of methoxy groups -OCH3 is 1. The van der Waals surface area contributed by atoms with Crippen LogP contribution in [0, 0.1) is 10.8 Å². The first-order chi connectivity index (χ1) is 8.62. The maximum Gasteiger partial charge on any atom is 0.220 e. The molecule has 0 fully saturated rings. The average Bonchev–Trinajstić information content (AvgIpc) is 2.25. The zero-order chi connectivity index (χ0) is 15.1.